The van der Waals surface area contributed by atoms with Crippen LogP contribution >= 0.6 is 23.2 Å². The number of alkyl halides is 6. The minimum atomic E-state index is -4.83. The Morgan fingerprint density at radius 2 is 1.45 bits per heavy atom. The van der Waals surface area contributed by atoms with Crippen LogP contribution in [0.4, 0.5) is 26.3 Å². The molecule has 0 aliphatic heterocycles. The summed E-state index contributed by atoms with van der Waals surface area (Å²) in [6.07, 6.45) is -9.50. The molecule has 3 aromatic rings. The van der Waals surface area contributed by atoms with Gasteiger partial charge in [0.2, 0.25) is 0 Å². The Morgan fingerprint density at radius 3 is 2.00 bits per heavy atom. The molecule has 204 valence electrons. The van der Waals surface area contributed by atoms with Crippen molar-refractivity contribution in [2.75, 3.05) is 6.54 Å². The number of aromatic nitrogens is 1. The number of rotatable bonds is 6. The van der Waals surface area contributed by atoms with Gasteiger partial charge in [-0.3, -0.25) is 4.79 Å². The Morgan fingerprint density at radius 1 is 0.842 bits per heavy atom. The molecule has 0 aliphatic rings. The second kappa shape index (κ2) is 11.1. The van der Waals surface area contributed by atoms with Crippen molar-refractivity contribution in [1.29, 1.82) is 0 Å². The molecular formula is C27H24Cl2F6N2O. The minimum absolute atomic E-state index is 0.00297. The molecule has 0 bridgehead atoms. The molecule has 0 N–H and O–H groups in total. The van der Waals surface area contributed by atoms with Gasteiger partial charge in [-0.15, -0.1) is 0 Å². The Balaban J connectivity index is 1.94. The van der Waals surface area contributed by atoms with Gasteiger partial charge in [-0.2, -0.15) is 26.3 Å². The van der Waals surface area contributed by atoms with E-state index in [1.807, 2.05) is 32.9 Å². The van der Waals surface area contributed by atoms with E-state index >= 15 is 0 Å². The number of benzene rings is 2. The van der Waals surface area contributed by atoms with E-state index in [0.717, 1.165) is 23.8 Å². The van der Waals surface area contributed by atoms with Crippen LogP contribution < -0.4 is 0 Å². The van der Waals surface area contributed by atoms with Gasteiger partial charge in [0, 0.05) is 18.7 Å². The zero-order valence-corrected chi connectivity index (χ0v) is 22.2. The number of pyridine rings is 1. The van der Waals surface area contributed by atoms with Crippen molar-refractivity contribution in [3.8, 4) is 0 Å². The first-order valence-electron chi connectivity index (χ1n) is 11.4. The lowest BCUT2D eigenvalue weighted by atomic mass is 9.87. The van der Waals surface area contributed by atoms with E-state index < -0.39 is 39.7 Å². The summed E-state index contributed by atoms with van der Waals surface area (Å²) in [6, 6.07) is 12.4. The SMILES string of the molecule is CC(C)(C)c1ccc(CN(CCc2ccc(Cl)c(C(F)(F)F)c2)C(=O)c2cc(Cl)nc(C(F)(F)F)c2)cc1. The summed E-state index contributed by atoms with van der Waals surface area (Å²) in [6.45, 7) is 6.02. The molecule has 0 fully saturated rings. The first kappa shape index (κ1) is 29.8. The standard InChI is InChI=1S/C27H24Cl2F6N2O/c1-25(2,3)19-7-4-17(5-8-19)15-37(11-10-16-6-9-21(28)20(12-16)26(30,31)32)24(38)18-13-22(27(33,34)35)36-23(29)14-18/h4-9,12-14H,10-11,15H2,1-3H3. The number of halogens is 8. The molecule has 0 saturated heterocycles. The van der Waals surface area contributed by atoms with Crippen LogP contribution in [-0.4, -0.2) is 22.3 Å². The lowest BCUT2D eigenvalue weighted by molar-refractivity contribution is -0.141. The van der Waals surface area contributed by atoms with Crippen molar-refractivity contribution in [1.82, 2.24) is 9.88 Å². The molecule has 1 aromatic heterocycles. The number of amides is 1. The second-order valence-electron chi connectivity index (χ2n) is 9.80. The van der Waals surface area contributed by atoms with Crippen LogP contribution in [0.5, 0.6) is 0 Å². The molecule has 3 rings (SSSR count). The fourth-order valence-electron chi connectivity index (χ4n) is 3.74. The molecule has 11 heteroatoms. The van der Waals surface area contributed by atoms with E-state index in [1.54, 1.807) is 12.1 Å². The van der Waals surface area contributed by atoms with Crippen LogP contribution in [0.3, 0.4) is 0 Å². The average Bonchev–Trinajstić information content (AvgIpc) is 2.80. The Bertz CT molecular complexity index is 1300. The molecule has 0 aliphatic carbocycles. The highest BCUT2D eigenvalue weighted by atomic mass is 35.5. The van der Waals surface area contributed by atoms with Crippen LogP contribution in [0.25, 0.3) is 0 Å². The molecule has 0 atom stereocenters. The summed E-state index contributed by atoms with van der Waals surface area (Å²) in [4.78, 5) is 17.9. The zero-order valence-electron chi connectivity index (χ0n) is 20.6. The van der Waals surface area contributed by atoms with Crippen molar-refractivity contribution in [3.63, 3.8) is 0 Å². The third-order valence-corrected chi connectivity index (χ3v) is 6.34. The average molecular weight is 577 g/mol. The van der Waals surface area contributed by atoms with E-state index in [2.05, 4.69) is 4.98 Å². The summed E-state index contributed by atoms with van der Waals surface area (Å²) in [7, 11) is 0. The number of carbonyl (C=O) groups is 1. The molecule has 0 spiro atoms. The van der Waals surface area contributed by atoms with E-state index in [0.29, 0.717) is 11.6 Å². The smallest absolute Gasteiger partial charge is 0.334 e. The van der Waals surface area contributed by atoms with Gasteiger partial charge in [-0.25, -0.2) is 4.98 Å². The largest absolute Gasteiger partial charge is 0.433 e. The van der Waals surface area contributed by atoms with Crippen LogP contribution in [0.15, 0.2) is 54.6 Å². The highest BCUT2D eigenvalue weighted by molar-refractivity contribution is 6.31. The van der Waals surface area contributed by atoms with Crippen molar-refractivity contribution in [2.24, 2.45) is 0 Å². The molecule has 1 heterocycles. The third kappa shape index (κ3) is 7.63. The normalized spacial score (nSPS) is 12.5. The van der Waals surface area contributed by atoms with E-state index in [-0.39, 0.29) is 36.1 Å². The maximum absolute atomic E-state index is 13.4. The predicted octanol–water partition coefficient (Wildman–Crippen LogP) is 8.61. The van der Waals surface area contributed by atoms with Gasteiger partial charge < -0.3 is 4.90 Å². The monoisotopic (exact) mass is 576 g/mol. The second-order valence-corrected chi connectivity index (χ2v) is 10.6. The predicted molar refractivity (Wildman–Crippen MR) is 134 cm³/mol. The first-order valence-corrected chi connectivity index (χ1v) is 12.2. The van der Waals surface area contributed by atoms with Crippen molar-refractivity contribution >= 4 is 29.1 Å². The van der Waals surface area contributed by atoms with Gasteiger partial charge >= 0.3 is 12.4 Å². The van der Waals surface area contributed by atoms with Gasteiger partial charge in [0.1, 0.15) is 10.8 Å². The van der Waals surface area contributed by atoms with Gasteiger partial charge in [0.25, 0.3) is 5.91 Å². The maximum atomic E-state index is 13.4. The number of nitrogens with zero attached hydrogens (tertiary/aromatic N) is 2. The van der Waals surface area contributed by atoms with Crippen molar-refractivity contribution < 1.29 is 31.1 Å². The summed E-state index contributed by atoms with van der Waals surface area (Å²) in [5.74, 6) is -0.773. The van der Waals surface area contributed by atoms with Crippen molar-refractivity contribution in [2.45, 2.75) is 51.5 Å². The van der Waals surface area contributed by atoms with Gasteiger partial charge in [-0.1, -0.05) is 74.3 Å². The summed E-state index contributed by atoms with van der Waals surface area (Å²) in [5, 5.41) is -0.968. The zero-order chi connectivity index (χ0) is 28.5. The highest BCUT2D eigenvalue weighted by Crippen LogP contribution is 2.35. The van der Waals surface area contributed by atoms with Gasteiger partial charge in [0.05, 0.1) is 10.6 Å². The molecule has 2 aromatic carbocycles. The molecular weight excluding hydrogens is 553 g/mol. The molecule has 0 unspecified atom stereocenters. The Kier molecular flexibility index (Phi) is 8.73. The van der Waals surface area contributed by atoms with E-state index in [4.69, 9.17) is 23.2 Å². The van der Waals surface area contributed by atoms with Gasteiger partial charge in [-0.05, 0) is 52.8 Å². The molecule has 0 saturated carbocycles. The third-order valence-electron chi connectivity index (χ3n) is 5.82. The lowest BCUT2D eigenvalue weighted by Crippen LogP contribution is -2.33. The summed E-state index contributed by atoms with van der Waals surface area (Å²) < 4.78 is 79.7. The van der Waals surface area contributed by atoms with E-state index in [1.165, 1.54) is 11.0 Å². The van der Waals surface area contributed by atoms with Crippen LogP contribution in [-0.2, 0) is 30.7 Å². The first-order chi connectivity index (χ1) is 17.4. The topological polar surface area (TPSA) is 33.2 Å². The molecule has 3 nitrogen and oxygen atoms in total. The minimum Gasteiger partial charge on any atom is -0.334 e. The molecule has 1 amide bonds. The fourth-order valence-corrected chi connectivity index (χ4v) is 4.17. The molecule has 38 heavy (non-hydrogen) atoms. The maximum Gasteiger partial charge on any atom is 0.433 e. The van der Waals surface area contributed by atoms with Crippen LogP contribution in [0.2, 0.25) is 10.2 Å². The van der Waals surface area contributed by atoms with Crippen LogP contribution in [0, 0.1) is 0 Å². The summed E-state index contributed by atoms with van der Waals surface area (Å²) in [5.41, 5.74) is -0.813. The quantitative estimate of drug-likeness (QED) is 0.217. The molecule has 0 radical (unpaired) electrons. The lowest BCUT2D eigenvalue weighted by Gasteiger charge is -2.25. The fraction of sp³-hybridized carbons (Fsp3) is 0.333. The van der Waals surface area contributed by atoms with Gasteiger partial charge in [0.15, 0.2) is 0 Å². The number of hydrogen-bond acceptors (Lipinski definition) is 2. The highest BCUT2D eigenvalue weighted by Gasteiger charge is 2.35. The number of hydrogen-bond donors (Lipinski definition) is 0. The summed E-state index contributed by atoms with van der Waals surface area (Å²) >= 11 is 11.5. The Labute approximate surface area is 226 Å². The van der Waals surface area contributed by atoms with Crippen LogP contribution in [0.1, 0.15) is 59.1 Å². The van der Waals surface area contributed by atoms with Crippen molar-refractivity contribution in [3.05, 3.63) is 98.3 Å². The Hall–Kier alpha value is -2.78. The number of carbonyl (C=O) groups excluding carboxylic acids is 1. The van der Waals surface area contributed by atoms with E-state index in [9.17, 15) is 31.1 Å².